The summed E-state index contributed by atoms with van der Waals surface area (Å²) in [5.41, 5.74) is 3.58. The smallest absolute Gasteiger partial charge is 0.253 e. The van der Waals surface area contributed by atoms with Crippen molar-refractivity contribution >= 4 is 28.9 Å². The molecule has 31 heavy (non-hydrogen) atoms. The minimum atomic E-state index is 0.0905. The number of thiocarbonyl (C=S) groups is 1. The summed E-state index contributed by atoms with van der Waals surface area (Å²) in [5.74, 6) is 1.08. The van der Waals surface area contributed by atoms with E-state index in [1.807, 2.05) is 60.4 Å². The van der Waals surface area contributed by atoms with E-state index in [0.29, 0.717) is 28.9 Å². The van der Waals surface area contributed by atoms with Crippen molar-refractivity contribution in [1.29, 1.82) is 0 Å². The van der Waals surface area contributed by atoms with Crippen LogP contribution in [0.25, 0.3) is 11.4 Å². The lowest BCUT2D eigenvalue weighted by Crippen LogP contribution is -2.35. The summed E-state index contributed by atoms with van der Waals surface area (Å²) < 4.78 is 5.30. The quantitative estimate of drug-likeness (QED) is 0.582. The van der Waals surface area contributed by atoms with Crippen molar-refractivity contribution in [2.75, 3.05) is 18.4 Å². The number of hydrogen-bond acceptors (Lipinski definition) is 5. The zero-order chi connectivity index (χ0) is 21.6. The van der Waals surface area contributed by atoms with Gasteiger partial charge in [-0.1, -0.05) is 35.0 Å². The molecule has 7 nitrogen and oxygen atoms in total. The molecule has 1 amide bonds. The van der Waals surface area contributed by atoms with E-state index in [-0.39, 0.29) is 5.91 Å². The lowest BCUT2D eigenvalue weighted by atomic mass is 10.1. The zero-order valence-corrected chi connectivity index (χ0v) is 18.2. The van der Waals surface area contributed by atoms with Crippen molar-refractivity contribution in [3.8, 4) is 11.4 Å². The Kier molecular flexibility index (Phi) is 6.57. The maximum Gasteiger partial charge on any atom is 0.253 e. The highest BCUT2D eigenvalue weighted by Gasteiger charge is 2.18. The molecule has 0 atom stereocenters. The molecule has 160 valence electrons. The lowest BCUT2D eigenvalue weighted by Gasteiger charge is -2.26. The van der Waals surface area contributed by atoms with Crippen LogP contribution in [0.2, 0.25) is 0 Å². The molecule has 0 bridgehead atoms. The number of benzene rings is 2. The van der Waals surface area contributed by atoms with Crippen LogP contribution >= 0.6 is 12.2 Å². The molecule has 0 spiro atoms. The number of nitrogens with zero attached hydrogens (tertiary/aromatic N) is 3. The van der Waals surface area contributed by atoms with Crippen LogP contribution in [-0.2, 0) is 6.54 Å². The Labute approximate surface area is 186 Å². The summed E-state index contributed by atoms with van der Waals surface area (Å²) in [7, 11) is 0. The molecular formula is C23H25N5O2S. The van der Waals surface area contributed by atoms with Crippen molar-refractivity contribution in [1.82, 2.24) is 20.4 Å². The first-order valence-corrected chi connectivity index (χ1v) is 10.8. The monoisotopic (exact) mass is 435 g/mol. The van der Waals surface area contributed by atoms with Crippen LogP contribution in [0.4, 0.5) is 5.69 Å². The van der Waals surface area contributed by atoms with E-state index in [1.54, 1.807) is 0 Å². The van der Waals surface area contributed by atoms with Gasteiger partial charge in [-0.15, -0.1) is 0 Å². The zero-order valence-electron chi connectivity index (χ0n) is 17.4. The van der Waals surface area contributed by atoms with Gasteiger partial charge in [0, 0.05) is 29.9 Å². The number of hydrogen-bond donors (Lipinski definition) is 2. The molecule has 0 radical (unpaired) electrons. The number of nitrogens with one attached hydrogen (secondary N) is 2. The number of rotatable bonds is 5. The first-order chi connectivity index (χ1) is 15.1. The summed E-state index contributed by atoms with van der Waals surface area (Å²) in [5, 5.41) is 10.6. The van der Waals surface area contributed by atoms with Gasteiger partial charge in [0.25, 0.3) is 5.91 Å². The summed E-state index contributed by atoms with van der Waals surface area (Å²) in [6, 6.07) is 15.3. The standard InChI is InChI=1S/C23H25N5O2S/c1-16-5-7-17(8-6-16)21-26-20(30-27-21)15-24-23(31)25-19-11-9-18(10-12-19)22(29)28-13-3-2-4-14-28/h5-12H,2-4,13-15H2,1H3,(H2,24,25,31). The first kappa shape index (κ1) is 21.0. The first-order valence-electron chi connectivity index (χ1n) is 10.4. The van der Waals surface area contributed by atoms with Crippen LogP contribution in [0.3, 0.4) is 0 Å². The number of likely N-dealkylation sites (tertiary alicyclic amines) is 1. The number of carbonyl (C=O) groups is 1. The van der Waals surface area contributed by atoms with Gasteiger partial charge < -0.3 is 20.1 Å². The van der Waals surface area contributed by atoms with Crippen molar-refractivity contribution in [3.63, 3.8) is 0 Å². The van der Waals surface area contributed by atoms with Gasteiger partial charge in [-0.25, -0.2) is 0 Å². The van der Waals surface area contributed by atoms with Gasteiger partial charge in [0.1, 0.15) is 0 Å². The highest BCUT2D eigenvalue weighted by molar-refractivity contribution is 7.80. The van der Waals surface area contributed by atoms with Crippen molar-refractivity contribution in [2.24, 2.45) is 0 Å². The van der Waals surface area contributed by atoms with Crippen LogP contribution < -0.4 is 10.6 Å². The van der Waals surface area contributed by atoms with Gasteiger partial charge in [0.05, 0.1) is 6.54 Å². The second-order valence-electron chi connectivity index (χ2n) is 7.62. The summed E-state index contributed by atoms with van der Waals surface area (Å²) >= 11 is 5.35. The average molecular weight is 436 g/mol. The minimum Gasteiger partial charge on any atom is -0.353 e. The fourth-order valence-electron chi connectivity index (χ4n) is 3.45. The summed E-state index contributed by atoms with van der Waals surface area (Å²) in [6.07, 6.45) is 3.36. The molecule has 1 aromatic heterocycles. The molecule has 4 rings (SSSR count). The predicted molar refractivity (Wildman–Crippen MR) is 124 cm³/mol. The SMILES string of the molecule is Cc1ccc(-c2noc(CNC(=S)Nc3ccc(C(=O)N4CCCCC4)cc3)n2)cc1. The fourth-order valence-corrected chi connectivity index (χ4v) is 3.64. The van der Waals surface area contributed by atoms with E-state index in [4.69, 9.17) is 16.7 Å². The number of anilines is 1. The van der Waals surface area contributed by atoms with Crippen LogP contribution in [0.5, 0.6) is 0 Å². The van der Waals surface area contributed by atoms with Gasteiger partial charge in [0.2, 0.25) is 11.7 Å². The molecule has 1 fully saturated rings. The number of aromatic nitrogens is 2. The second-order valence-corrected chi connectivity index (χ2v) is 8.02. The molecule has 0 aliphatic carbocycles. The number of carbonyl (C=O) groups excluding carboxylic acids is 1. The molecule has 0 saturated carbocycles. The van der Waals surface area contributed by atoms with Gasteiger partial charge in [0.15, 0.2) is 5.11 Å². The van der Waals surface area contributed by atoms with Gasteiger partial charge >= 0.3 is 0 Å². The third-order valence-electron chi connectivity index (χ3n) is 5.21. The molecule has 8 heteroatoms. The van der Waals surface area contributed by atoms with Crippen molar-refractivity contribution < 1.29 is 9.32 Å². The molecule has 0 unspecified atom stereocenters. The molecule has 1 saturated heterocycles. The highest BCUT2D eigenvalue weighted by Crippen LogP contribution is 2.17. The topological polar surface area (TPSA) is 83.3 Å². The lowest BCUT2D eigenvalue weighted by molar-refractivity contribution is 0.0724. The van der Waals surface area contributed by atoms with E-state index in [2.05, 4.69) is 20.8 Å². The normalized spacial score (nSPS) is 13.6. The molecule has 2 aromatic carbocycles. The predicted octanol–water partition coefficient (Wildman–Crippen LogP) is 4.16. The Balaban J connectivity index is 1.28. The Bertz CT molecular complexity index is 1040. The minimum absolute atomic E-state index is 0.0905. The number of piperidine rings is 1. The average Bonchev–Trinajstić information content (AvgIpc) is 3.28. The maximum atomic E-state index is 12.6. The van der Waals surface area contributed by atoms with E-state index >= 15 is 0 Å². The van der Waals surface area contributed by atoms with Gasteiger partial charge in [-0.05, 0) is 62.7 Å². The van der Waals surface area contributed by atoms with Gasteiger partial charge in [-0.2, -0.15) is 4.98 Å². The Morgan fingerprint density at radius 1 is 1.06 bits per heavy atom. The summed E-state index contributed by atoms with van der Waals surface area (Å²) in [6.45, 7) is 4.03. The molecule has 1 aliphatic rings. The Hall–Kier alpha value is -3.26. The van der Waals surface area contributed by atoms with Crippen molar-refractivity contribution in [2.45, 2.75) is 32.7 Å². The van der Waals surface area contributed by atoms with E-state index < -0.39 is 0 Å². The molecule has 2 N–H and O–H groups in total. The maximum absolute atomic E-state index is 12.6. The van der Waals surface area contributed by atoms with E-state index in [1.165, 1.54) is 12.0 Å². The molecular weight excluding hydrogens is 410 g/mol. The molecule has 1 aliphatic heterocycles. The number of aryl methyl sites for hydroxylation is 1. The Morgan fingerprint density at radius 2 is 1.77 bits per heavy atom. The van der Waals surface area contributed by atoms with Crippen LogP contribution in [0, 0.1) is 6.92 Å². The largest absolute Gasteiger partial charge is 0.353 e. The van der Waals surface area contributed by atoms with E-state index in [9.17, 15) is 4.79 Å². The molecule has 3 aromatic rings. The highest BCUT2D eigenvalue weighted by atomic mass is 32.1. The third kappa shape index (κ3) is 5.46. The van der Waals surface area contributed by atoms with Crippen molar-refractivity contribution in [3.05, 3.63) is 65.5 Å². The molecule has 2 heterocycles. The Morgan fingerprint density at radius 3 is 2.48 bits per heavy atom. The second kappa shape index (κ2) is 9.70. The van der Waals surface area contributed by atoms with Crippen LogP contribution in [-0.4, -0.2) is 39.1 Å². The number of amides is 1. The van der Waals surface area contributed by atoms with Gasteiger partial charge in [-0.3, -0.25) is 4.79 Å². The van der Waals surface area contributed by atoms with E-state index in [0.717, 1.165) is 37.2 Å². The van der Waals surface area contributed by atoms with Crippen LogP contribution in [0.15, 0.2) is 53.1 Å². The van der Waals surface area contributed by atoms with Crippen LogP contribution in [0.1, 0.15) is 41.1 Å². The third-order valence-corrected chi connectivity index (χ3v) is 5.46. The fraction of sp³-hybridized carbons (Fsp3) is 0.304. The summed E-state index contributed by atoms with van der Waals surface area (Å²) in [4.78, 5) is 18.9.